The molecule has 0 saturated heterocycles. The van der Waals surface area contributed by atoms with E-state index < -0.39 is 0 Å². The van der Waals surface area contributed by atoms with Crippen LogP contribution >= 0.6 is 0 Å². The molecule has 0 fully saturated rings. The summed E-state index contributed by atoms with van der Waals surface area (Å²) in [5, 5.41) is 0.916. The van der Waals surface area contributed by atoms with E-state index >= 15 is 0 Å². The summed E-state index contributed by atoms with van der Waals surface area (Å²) in [5.41, 5.74) is 2.96. The van der Waals surface area contributed by atoms with E-state index in [1.54, 1.807) is 6.07 Å². The third kappa shape index (κ3) is 2.62. The molecule has 0 amide bonds. The first-order chi connectivity index (χ1) is 10.6. The van der Waals surface area contributed by atoms with Gasteiger partial charge in [-0.25, -0.2) is 4.79 Å². The predicted octanol–water partition coefficient (Wildman–Crippen LogP) is 4.56. The van der Waals surface area contributed by atoms with Gasteiger partial charge < -0.3 is 9.15 Å². The van der Waals surface area contributed by atoms with Gasteiger partial charge in [0.2, 0.25) is 0 Å². The van der Waals surface area contributed by atoms with Crippen molar-refractivity contribution in [3.8, 4) is 16.9 Å². The zero-order valence-electron chi connectivity index (χ0n) is 12.9. The maximum absolute atomic E-state index is 12.0. The molecule has 1 aromatic heterocycles. The molecule has 112 valence electrons. The number of benzene rings is 2. The molecular formula is C19H18O3. The van der Waals surface area contributed by atoms with Crippen LogP contribution in [-0.4, -0.2) is 6.10 Å². The summed E-state index contributed by atoms with van der Waals surface area (Å²) in [5.74, 6) is 0.746. The number of hydrogen-bond acceptors (Lipinski definition) is 3. The smallest absolute Gasteiger partial charge is 0.336 e. The first-order valence-corrected chi connectivity index (χ1v) is 7.36. The van der Waals surface area contributed by atoms with Crippen molar-refractivity contribution in [3.63, 3.8) is 0 Å². The molecule has 0 aliphatic rings. The molecule has 0 N–H and O–H groups in total. The van der Waals surface area contributed by atoms with Crippen molar-refractivity contribution < 1.29 is 9.15 Å². The highest BCUT2D eigenvalue weighted by Gasteiger charge is 2.13. The van der Waals surface area contributed by atoms with Gasteiger partial charge in [-0.1, -0.05) is 30.3 Å². The van der Waals surface area contributed by atoms with Crippen molar-refractivity contribution in [2.24, 2.45) is 0 Å². The Balaban J connectivity index is 2.28. The maximum Gasteiger partial charge on any atom is 0.336 e. The van der Waals surface area contributed by atoms with Crippen LogP contribution in [0.3, 0.4) is 0 Å². The first kappa shape index (κ1) is 14.4. The molecule has 3 heteroatoms. The van der Waals surface area contributed by atoms with E-state index in [2.05, 4.69) is 0 Å². The molecule has 2 aromatic carbocycles. The summed E-state index contributed by atoms with van der Waals surface area (Å²) in [6.07, 6.45) is 0.0696. The van der Waals surface area contributed by atoms with Crippen LogP contribution in [0.1, 0.15) is 19.4 Å². The molecule has 0 saturated carbocycles. The zero-order chi connectivity index (χ0) is 15.7. The average Bonchev–Trinajstić information content (AvgIpc) is 2.50. The summed E-state index contributed by atoms with van der Waals surface area (Å²) in [7, 11) is 0. The molecule has 0 bridgehead atoms. The normalized spacial score (nSPS) is 11.1. The minimum atomic E-state index is -0.351. The fourth-order valence-electron chi connectivity index (χ4n) is 2.58. The van der Waals surface area contributed by atoms with Crippen LogP contribution in [0.25, 0.3) is 22.1 Å². The fourth-order valence-corrected chi connectivity index (χ4v) is 2.58. The van der Waals surface area contributed by atoms with Crippen LogP contribution in [0.15, 0.2) is 57.7 Å². The van der Waals surface area contributed by atoms with Crippen LogP contribution in [0.5, 0.6) is 5.75 Å². The molecule has 3 aromatic rings. The highest BCUT2D eigenvalue weighted by atomic mass is 16.5. The molecule has 0 aliphatic carbocycles. The molecule has 0 unspecified atom stereocenters. The topological polar surface area (TPSA) is 39.4 Å². The molecule has 0 aliphatic heterocycles. The highest BCUT2D eigenvalue weighted by Crippen LogP contribution is 2.33. The van der Waals surface area contributed by atoms with Crippen LogP contribution in [-0.2, 0) is 0 Å². The van der Waals surface area contributed by atoms with Crippen molar-refractivity contribution in [1.82, 2.24) is 0 Å². The molecule has 0 radical (unpaired) electrons. The van der Waals surface area contributed by atoms with E-state index in [9.17, 15) is 4.79 Å². The molecule has 22 heavy (non-hydrogen) atoms. The third-order valence-electron chi connectivity index (χ3n) is 3.56. The quantitative estimate of drug-likeness (QED) is 0.665. The second-order valence-corrected chi connectivity index (χ2v) is 5.58. The Bertz CT molecular complexity index is 861. The largest absolute Gasteiger partial charge is 0.491 e. The van der Waals surface area contributed by atoms with Gasteiger partial charge in [-0.15, -0.1) is 0 Å². The lowest BCUT2D eigenvalue weighted by molar-refractivity contribution is 0.241. The molecule has 3 nitrogen and oxygen atoms in total. The number of hydrogen-bond donors (Lipinski definition) is 0. The van der Waals surface area contributed by atoms with Crippen LogP contribution in [0.2, 0.25) is 0 Å². The minimum absolute atomic E-state index is 0.0696. The van der Waals surface area contributed by atoms with E-state index in [0.29, 0.717) is 5.58 Å². The lowest BCUT2D eigenvalue weighted by Gasteiger charge is -2.14. The zero-order valence-corrected chi connectivity index (χ0v) is 12.9. The van der Waals surface area contributed by atoms with Crippen molar-refractivity contribution in [3.05, 3.63) is 64.5 Å². The first-order valence-electron chi connectivity index (χ1n) is 7.36. The van der Waals surface area contributed by atoms with Gasteiger partial charge in [0.25, 0.3) is 0 Å². The van der Waals surface area contributed by atoms with E-state index in [1.165, 1.54) is 0 Å². The fraction of sp³-hybridized carbons (Fsp3) is 0.211. The lowest BCUT2D eigenvalue weighted by Crippen LogP contribution is -2.07. The van der Waals surface area contributed by atoms with Gasteiger partial charge in [0.05, 0.1) is 6.10 Å². The standard InChI is InChI=1S/C19H18O3/c1-12(2)21-17-10-9-15-16(14-7-5-4-6-8-14)11-18(20)22-19(15)13(17)3/h4-12H,1-3H3. The van der Waals surface area contributed by atoms with Crippen LogP contribution in [0.4, 0.5) is 0 Å². The number of aryl methyl sites for hydroxylation is 1. The highest BCUT2D eigenvalue weighted by molar-refractivity contribution is 5.95. The molecule has 0 spiro atoms. The molecule has 1 heterocycles. The second kappa shape index (κ2) is 5.68. The summed E-state index contributed by atoms with van der Waals surface area (Å²) in [6.45, 7) is 5.86. The minimum Gasteiger partial charge on any atom is -0.491 e. The molecule has 3 rings (SSSR count). The summed E-state index contributed by atoms with van der Waals surface area (Å²) >= 11 is 0. The van der Waals surface area contributed by atoms with Gasteiger partial charge in [0.15, 0.2) is 0 Å². The number of rotatable bonds is 3. The maximum atomic E-state index is 12.0. The summed E-state index contributed by atoms with van der Waals surface area (Å²) in [6, 6.07) is 15.3. The monoisotopic (exact) mass is 294 g/mol. The van der Waals surface area contributed by atoms with Crippen molar-refractivity contribution >= 4 is 11.0 Å². The van der Waals surface area contributed by atoms with Crippen LogP contribution < -0.4 is 10.4 Å². The molecular weight excluding hydrogens is 276 g/mol. The number of ether oxygens (including phenoxy) is 1. The van der Waals surface area contributed by atoms with E-state index in [1.807, 2.05) is 63.2 Å². The van der Waals surface area contributed by atoms with Crippen molar-refractivity contribution in [2.75, 3.05) is 0 Å². The Morgan fingerprint density at radius 3 is 2.45 bits per heavy atom. The van der Waals surface area contributed by atoms with Crippen LogP contribution in [0, 0.1) is 6.92 Å². The van der Waals surface area contributed by atoms with Crippen molar-refractivity contribution in [1.29, 1.82) is 0 Å². The van der Waals surface area contributed by atoms with Gasteiger partial charge in [-0.3, -0.25) is 0 Å². The number of fused-ring (bicyclic) bond motifs is 1. The Labute approximate surface area is 129 Å². The van der Waals surface area contributed by atoms with Gasteiger partial charge in [-0.2, -0.15) is 0 Å². The van der Waals surface area contributed by atoms with Crippen molar-refractivity contribution in [2.45, 2.75) is 26.9 Å². The lowest BCUT2D eigenvalue weighted by atomic mass is 10.0. The Morgan fingerprint density at radius 2 is 1.77 bits per heavy atom. The SMILES string of the molecule is Cc1c(OC(C)C)ccc2c(-c3ccccc3)cc(=O)oc12. The summed E-state index contributed by atoms with van der Waals surface area (Å²) in [4.78, 5) is 12.0. The average molecular weight is 294 g/mol. The Hall–Kier alpha value is -2.55. The van der Waals surface area contributed by atoms with Gasteiger partial charge in [0.1, 0.15) is 11.3 Å². The predicted molar refractivity (Wildman–Crippen MR) is 88.4 cm³/mol. The Morgan fingerprint density at radius 1 is 1.05 bits per heavy atom. The van der Waals surface area contributed by atoms with Gasteiger partial charge in [-0.05, 0) is 44.0 Å². The molecule has 0 atom stereocenters. The second-order valence-electron chi connectivity index (χ2n) is 5.58. The van der Waals surface area contributed by atoms with E-state index in [0.717, 1.165) is 27.8 Å². The Kier molecular flexibility index (Phi) is 3.72. The van der Waals surface area contributed by atoms with E-state index in [-0.39, 0.29) is 11.7 Å². The van der Waals surface area contributed by atoms with E-state index in [4.69, 9.17) is 9.15 Å². The van der Waals surface area contributed by atoms with Gasteiger partial charge >= 0.3 is 5.63 Å². The summed E-state index contributed by atoms with van der Waals surface area (Å²) < 4.78 is 11.2. The van der Waals surface area contributed by atoms with Gasteiger partial charge in [0, 0.05) is 17.0 Å². The third-order valence-corrected chi connectivity index (χ3v) is 3.56.